The van der Waals surface area contributed by atoms with Crippen molar-refractivity contribution in [2.75, 3.05) is 0 Å². The summed E-state index contributed by atoms with van der Waals surface area (Å²) >= 11 is 0. The maximum absolute atomic E-state index is 10.8. The molecule has 3 heteroatoms. The fourth-order valence-corrected chi connectivity index (χ4v) is 0.400. The third-order valence-corrected chi connectivity index (χ3v) is 0.889. The fourth-order valence-electron chi connectivity index (χ4n) is 0.400. The third kappa shape index (κ3) is 3.12. The van der Waals surface area contributed by atoms with E-state index in [1.54, 1.807) is 20.8 Å². The van der Waals surface area contributed by atoms with Gasteiger partial charge in [0.15, 0.2) is 0 Å². The predicted molar refractivity (Wildman–Crippen MR) is 39.2 cm³/mol. The summed E-state index contributed by atoms with van der Waals surface area (Å²) in [7, 11) is 0. The van der Waals surface area contributed by atoms with Crippen molar-refractivity contribution in [1.82, 2.24) is 0 Å². The summed E-state index contributed by atoms with van der Waals surface area (Å²) in [6.07, 6.45) is 1.41. The van der Waals surface area contributed by atoms with Crippen LogP contribution in [-0.2, 0) is 9.53 Å². The van der Waals surface area contributed by atoms with Gasteiger partial charge in [-0.25, -0.2) is 4.79 Å². The molecule has 0 saturated carbocycles. The zero-order valence-corrected chi connectivity index (χ0v) is 6.55. The second-order valence-electron chi connectivity index (χ2n) is 2.20. The molecule has 0 aromatic heterocycles. The van der Waals surface area contributed by atoms with Gasteiger partial charge in [0, 0.05) is 0 Å². The third-order valence-electron chi connectivity index (χ3n) is 0.889. The van der Waals surface area contributed by atoms with E-state index in [1.165, 1.54) is 6.08 Å². The van der Waals surface area contributed by atoms with E-state index in [0.29, 0.717) is 0 Å². The first-order valence-electron chi connectivity index (χ1n) is 3.20. The Hall–Kier alpha value is -0.990. The van der Waals surface area contributed by atoms with E-state index in [1.807, 2.05) is 0 Å². The summed E-state index contributed by atoms with van der Waals surface area (Å²) in [6, 6.07) is 0. The Kier molecular flexibility index (Phi) is 3.54. The van der Waals surface area contributed by atoms with Crippen LogP contribution in [-0.4, -0.2) is 12.1 Å². The van der Waals surface area contributed by atoms with E-state index in [4.69, 9.17) is 10.5 Å². The number of allylic oxidation sites excluding steroid dienone is 1. The van der Waals surface area contributed by atoms with E-state index in [-0.39, 0.29) is 11.8 Å². The summed E-state index contributed by atoms with van der Waals surface area (Å²) in [5.41, 5.74) is 5.41. The van der Waals surface area contributed by atoms with Crippen LogP contribution in [0.4, 0.5) is 0 Å². The van der Waals surface area contributed by atoms with E-state index in [0.717, 1.165) is 0 Å². The Balaban J connectivity index is 3.86. The molecule has 10 heavy (non-hydrogen) atoms. The number of hydrogen-bond donors (Lipinski definition) is 1. The van der Waals surface area contributed by atoms with E-state index >= 15 is 0 Å². The lowest BCUT2D eigenvalue weighted by Gasteiger charge is -2.06. The van der Waals surface area contributed by atoms with Crippen LogP contribution in [0.2, 0.25) is 0 Å². The minimum absolute atomic E-state index is 0.106. The fraction of sp³-hybridized carbons (Fsp3) is 0.571. The van der Waals surface area contributed by atoms with Gasteiger partial charge in [0.2, 0.25) is 0 Å². The second kappa shape index (κ2) is 3.93. The van der Waals surface area contributed by atoms with Gasteiger partial charge in [-0.2, -0.15) is 0 Å². The molecule has 0 aliphatic rings. The van der Waals surface area contributed by atoms with Crippen LogP contribution < -0.4 is 5.73 Å². The number of rotatable bonds is 2. The Labute approximate surface area is 60.9 Å². The lowest BCUT2D eigenvalue weighted by Crippen LogP contribution is -2.18. The van der Waals surface area contributed by atoms with Gasteiger partial charge in [0.25, 0.3) is 0 Å². The normalized spacial score (nSPS) is 11.8. The minimum Gasteiger partial charge on any atom is -0.458 e. The smallest absolute Gasteiger partial charge is 0.354 e. The highest BCUT2D eigenvalue weighted by Gasteiger charge is 2.06. The lowest BCUT2D eigenvalue weighted by molar-refractivity contribution is -0.142. The van der Waals surface area contributed by atoms with E-state index in [9.17, 15) is 4.79 Å². The molecule has 0 aliphatic heterocycles. The van der Waals surface area contributed by atoms with Crippen LogP contribution in [0.1, 0.15) is 20.8 Å². The number of esters is 1. The summed E-state index contributed by atoms with van der Waals surface area (Å²) in [6.45, 7) is 5.25. The molecular formula is C7H13NO2. The number of ether oxygens (including phenoxy) is 1. The molecule has 0 heterocycles. The van der Waals surface area contributed by atoms with Gasteiger partial charge < -0.3 is 10.5 Å². The molecule has 0 radical (unpaired) electrons. The molecule has 0 amide bonds. The number of carbonyl (C=O) groups excluding carboxylic acids is 1. The van der Waals surface area contributed by atoms with Crippen LogP contribution in [0.25, 0.3) is 0 Å². The first-order valence-corrected chi connectivity index (χ1v) is 3.20. The van der Waals surface area contributed by atoms with Gasteiger partial charge in [0.05, 0.1) is 6.10 Å². The van der Waals surface area contributed by atoms with Crippen molar-refractivity contribution in [2.24, 2.45) is 5.73 Å². The average molecular weight is 143 g/mol. The van der Waals surface area contributed by atoms with Crippen LogP contribution in [0.15, 0.2) is 11.8 Å². The largest absolute Gasteiger partial charge is 0.458 e. The Morgan fingerprint density at radius 3 is 2.40 bits per heavy atom. The van der Waals surface area contributed by atoms with Crippen molar-refractivity contribution in [3.63, 3.8) is 0 Å². The van der Waals surface area contributed by atoms with Gasteiger partial charge in [-0.1, -0.05) is 6.08 Å². The van der Waals surface area contributed by atoms with Crippen molar-refractivity contribution in [3.8, 4) is 0 Å². The quantitative estimate of drug-likeness (QED) is 0.459. The zero-order chi connectivity index (χ0) is 8.15. The van der Waals surface area contributed by atoms with Crippen LogP contribution in [0.5, 0.6) is 0 Å². The molecule has 0 aliphatic carbocycles. The zero-order valence-electron chi connectivity index (χ0n) is 6.55. The van der Waals surface area contributed by atoms with Gasteiger partial charge in [-0.15, -0.1) is 0 Å². The molecule has 0 atom stereocenters. The Morgan fingerprint density at radius 1 is 1.60 bits per heavy atom. The summed E-state index contributed by atoms with van der Waals surface area (Å²) in [5, 5.41) is 0. The van der Waals surface area contributed by atoms with Gasteiger partial charge in [-0.3, -0.25) is 0 Å². The summed E-state index contributed by atoms with van der Waals surface area (Å²) < 4.78 is 4.77. The number of nitrogens with two attached hydrogens (primary N) is 1. The van der Waals surface area contributed by atoms with Crippen molar-refractivity contribution < 1.29 is 9.53 Å². The van der Waals surface area contributed by atoms with Crippen molar-refractivity contribution in [3.05, 3.63) is 11.8 Å². The van der Waals surface area contributed by atoms with Crippen molar-refractivity contribution in [2.45, 2.75) is 26.9 Å². The lowest BCUT2D eigenvalue weighted by atomic mass is 10.4. The van der Waals surface area contributed by atoms with E-state index < -0.39 is 5.97 Å². The molecule has 58 valence electrons. The van der Waals surface area contributed by atoms with Gasteiger partial charge in [-0.05, 0) is 20.8 Å². The maximum Gasteiger partial charge on any atom is 0.354 e. The highest BCUT2D eigenvalue weighted by molar-refractivity contribution is 5.87. The van der Waals surface area contributed by atoms with Gasteiger partial charge in [0.1, 0.15) is 5.70 Å². The average Bonchev–Trinajstić information content (AvgIpc) is 1.85. The highest BCUT2D eigenvalue weighted by atomic mass is 16.5. The molecular weight excluding hydrogens is 130 g/mol. The first-order chi connectivity index (χ1) is 4.57. The number of hydrogen-bond acceptors (Lipinski definition) is 3. The molecule has 0 rings (SSSR count). The highest BCUT2D eigenvalue weighted by Crippen LogP contribution is 1.93. The molecule has 3 nitrogen and oxygen atoms in total. The Morgan fingerprint density at radius 2 is 2.10 bits per heavy atom. The molecule has 0 aromatic rings. The molecule has 0 aromatic carbocycles. The van der Waals surface area contributed by atoms with Crippen LogP contribution in [0.3, 0.4) is 0 Å². The minimum atomic E-state index is -0.447. The predicted octanol–water partition coefficient (Wildman–Crippen LogP) is 0.800. The van der Waals surface area contributed by atoms with Crippen molar-refractivity contribution >= 4 is 5.97 Å². The standard InChI is InChI=1S/C7H13NO2/c1-4-6(8)7(9)10-5(2)3/h4-5H,8H2,1-3H3/b6-4-. The molecule has 0 fully saturated rings. The molecule has 0 saturated heterocycles. The van der Waals surface area contributed by atoms with Crippen LogP contribution in [0, 0.1) is 0 Å². The molecule has 2 N–H and O–H groups in total. The second-order valence-corrected chi connectivity index (χ2v) is 2.20. The molecule has 0 spiro atoms. The number of carbonyl (C=O) groups is 1. The molecule has 0 bridgehead atoms. The van der Waals surface area contributed by atoms with Crippen LogP contribution >= 0.6 is 0 Å². The summed E-state index contributed by atoms with van der Waals surface area (Å²) in [4.78, 5) is 10.8. The van der Waals surface area contributed by atoms with Crippen molar-refractivity contribution in [1.29, 1.82) is 0 Å². The monoisotopic (exact) mass is 143 g/mol. The topological polar surface area (TPSA) is 52.3 Å². The maximum atomic E-state index is 10.8. The molecule has 0 unspecified atom stereocenters. The SMILES string of the molecule is C/C=C(\N)C(=O)OC(C)C. The van der Waals surface area contributed by atoms with E-state index in [2.05, 4.69) is 0 Å². The summed E-state index contributed by atoms with van der Waals surface area (Å²) in [5.74, 6) is -0.447. The van der Waals surface area contributed by atoms with Gasteiger partial charge >= 0.3 is 5.97 Å². The first kappa shape index (κ1) is 9.01. The Bertz CT molecular complexity index is 150.